The number of nitrogens with zero attached hydrogens (tertiary/aromatic N) is 1. The molecule has 1 aromatic rings. The summed E-state index contributed by atoms with van der Waals surface area (Å²) in [5.74, 6) is 6.35. The molecule has 0 spiro atoms. The quantitative estimate of drug-likeness (QED) is 0.461. The first kappa shape index (κ1) is 10.5. The molecule has 0 amide bonds. The summed E-state index contributed by atoms with van der Waals surface area (Å²) in [6.45, 7) is 0. The van der Waals surface area contributed by atoms with Gasteiger partial charge in [0.15, 0.2) is 0 Å². The number of rotatable bonds is 2. The first-order valence-corrected chi connectivity index (χ1v) is 5.28. The third-order valence-corrected chi connectivity index (χ3v) is 3.15. The second-order valence-electron chi connectivity index (χ2n) is 2.65. The van der Waals surface area contributed by atoms with E-state index >= 15 is 0 Å². The molecule has 0 aromatic heterocycles. The van der Waals surface area contributed by atoms with Gasteiger partial charge in [0, 0.05) is 12.8 Å². The van der Waals surface area contributed by atoms with Gasteiger partial charge in [-0.15, -0.1) is 0 Å². The van der Waals surface area contributed by atoms with E-state index in [1.165, 1.54) is 10.6 Å². The fourth-order valence-electron chi connectivity index (χ4n) is 0.821. The number of hydrogen-bond donors (Lipinski definition) is 1. The van der Waals surface area contributed by atoms with Crippen LogP contribution in [0.3, 0.4) is 0 Å². The molecule has 2 N–H and O–H groups in total. The molecule has 0 aliphatic heterocycles. The van der Waals surface area contributed by atoms with Crippen molar-refractivity contribution in [3.8, 4) is 0 Å². The van der Waals surface area contributed by atoms with Gasteiger partial charge in [-0.25, -0.2) is 5.84 Å². The van der Waals surface area contributed by atoms with E-state index in [1.807, 2.05) is 18.2 Å². The first-order chi connectivity index (χ1) is 6.20. The van der Waals surface area contributed by atoms with Gasteiger partial charge in [0.05, 0.1) is 0 Å². The Hall–Kier alpha value is -0.580. The number of thiocarbonyl (C=S) groups is 1. The number of hydrazine groups is 1. The Bertz CT molecular complexity index is 272. The SMILES string of the molecule is CN(N)C(=S)SCc1ccccc1. The summed E-state index contributed by atoms with van der Waals surface area (Å²) >= 11 is 6.61. The van der Waals surface area contributed by atoms with Gasteiger partial charge >= 0.3 is 0 Å². The Morgan fingerprint density at radius 1 is 1.46 bits per heavy atom. The molecule has 0 bridgehead atoms. The van der Waals surface area contributed by atoms with Crippen molar-refractivity contribution in [3.63, 3.8) is 0 Å². The zero-order chi connectivity index (χ0) is 9.68. The zero-order valence-corrected chi connectivity index (χ0v) is 9.07. The highest BCUT2D eigenvalue weighted by Gasteiger charge is 2.00. The second-order valence-corrected chi connectivity index (χ2v) is 4.26. The number of hydrogen-bond acceptors (Lipinski definition) is 3. The monoisotopic (exact) mass is 212 g/mol. The van der Waals surface area contributed by atoms with Crippen LogP contribution in [-0.2, 0) is 5.75 Å². The molecule has 2 nitrogen and oxygen atoms in total. The predicted molar refractivity (Wildman–Crippen MR) is 62.3 cm³/mol. The molecule has 0 heterocycles. The van der Waals surface area contributed by atoms with Crippen molar-refractivity contribution < 1.29 is 0 Å². The van der Waals surface area contributed by atoms with Crippen LogP contribution in [0.25, 0.3) is 0 Å². The van der Waals surface area contributed by atoms with Gasteiger partial charge in [0.2, 0.25) is 0 Å². The van der Waals surface area contributed by atoms with Crippen LogP contribution in [0.5, 0.6) is 0 Å². The predicted octanol–water partition coefficient (Wildman–Crippen LogP) is 2.01. The smallest absolute Gasteiger partial charge is 0.150 e. The van der Waals surface area contributed by atoms with Gasteiger partial charge in [0.25, 0.3) is 0 Å². The topological polar surface area (TPSA) is 29.3 Å². The van der Waals surface area contributed by atoms with E-state index in [1.54, 1.807) is 18.8 Å². The van der Waals surface area contributed by atoms with E-state index in [9.17, 15) is 0 Å². The summed E-state index contributed by atoms with van der Waals surface area (Å²) in [6.07, 6.45) is 0. The van der Waals surface area contributed by atoms with Gasteiger partial charge in [-0.3, -0.25) is 5.01 Å². The Morgan fingerprint density at radius 3 is 2.62 bits per heavy atom. The second kappa shape index (κ2) is 5.21. The molecular weight excluding hydrogens is 200 g/mol. The molecule has 13 heavy (non-hydrogen) atoms. The Balaban J connectivity index is 2.40. The highest BCUT2D eigenvalue weighted by molar-refractivity contribution is 8.22. The molecular formula is C9H12N2S2. The Labute approximate surface area is 88.1 Å². The lowest BCUT2D eigenvalue weighted by atomic mass is 10.2. The summed E-state index contributed by atoms with van der Waals surface area (Å²) in [7, 11) is 1.75. The molecule has 1 rings (SSSR count). The van der Waals surface area contributed by atoms with E-state index in [0.29, 0.717) is 4.32 Å². The molecule has 70 valence electrons. The summed E-state index contributed by atoms with van der Waals surface area (Å²) < 4.78 is 0.712. The van der Waals surface area contributed by atoms with E-state index in [0.717, 1.165) is 5.75 Å². The maximum atomic E-state index is 5.47. The van der Waals surface area contributed by atoms with Crippen LogP contribution < -0.4 is 5.84 Å². The summed E-state index contributed by atoms with van der Waals surface area (Å²) in [5, 5.41) is 1.46. The molecule has 0 aliphatic rings. The maximum Gasteiger partial charge on any atom is 0.150 e. The maximum absolute atomic E-state index is 5.47. The van der Waals surface area contributed by atoms with Crippen LogP contribution in [0.15, 0.2) is 30.3 Å². The van der Waals surface area contributed by atoms with E-state index in [2.05, 4.69) is 12.1 Å². The van der Waals surface area contributed by atoms with Crippen LogP contribution in [0.4, 0.5) is 0 Å². The fourth-order valence-corrected chi connectivity index (χ4v) is 1.68. The first-order valence-electron chi connectivity index (χ1n) is 3.89. The largest absolute Gasteiger partial charge is 0.299 e. The molecule has 0 fully saturated rings. The average Bonchev–Trinajstić information content (AvgIpc) is 2.15. The minimum Gasteiger partial charge on any atom is -0.299 e. The lowest BCUT2D eigenvalue weighted by molar-refractivity contribution is 0.560. The third-order valence-electron chi connectivity index (χ3n) is 1.49. The summed E-state index contributed by atoms with van der Waals surface area (Å²) in [5.41, 5.74) is 1.26. The van der Waals surface area contributed by atoms with Crippen molar-refractivity contribution in [2.75, 3.05) is 7.05 Å². The van der Waals surface area contributed by atoms with Crippen molar-refractivity contribution in [2.45, 2.75) is 5.75 Å². The number of thioether (sulfide) groups is 1. The van der Waals surface area contributed by atoms with Crippen LogP contribution in [0.2, 0.25) is 0 Å². The lowest BCUT2D eigenvalue weighted by Gasteiger charge is -2.11. The van der Waals surface area contributed by atoms with Crippen molar-refractivity contribution in [2.24, 2.45) is 5.84 Å². The fraction of sp³-hybridized carbons (Fsp3) is 0.222. The van der Waals surface area contributed by atoms with Crippen molar-refractivity contribution in [3.05, 3.63) is 35.9 Å². The highest BCUT2D eigenvalue weighted by Crippen LogP contribution is 2.13. The molecule has 0 saturated carbocycles. The Kier molecular flexibility index (Phi) is 4.21. The minimum atomic E-state index is 0.712. The lowest BCUT2D eigenvalue weighted by Crippen LogP contribution is -2.29. The van der Waals surface area contributed by atoms with E-state index in [-0.39, 0.29) is 0 Å². The molecule has 4 heteroatoms. The van der Waals surface area contributed by atoms with Crippen LogP contribution in [0, 0.1) is 0 Å². The van der Waals surface area contributed by atoms with Gasteiger partial charge in [0.1, 0.15) is 4.32 Å². The minimum absolute atomic E-state index is 0.712. The third kappa shape index (κ3) is 3.76. The Morgan fingerprint density at radius 2 is 2.08 bits per heavy atom. The van der Waals surface area contributed by atoms with Crippen LogP contribution in [-0.4, -0.2) is 16.4 Å². The van der Waals surface area contributed by atoms with Crippen LogP contribution in [0.1, 0.15) is 5.56 Å². The normalized spacial score (nSPS) is 9.69. The summed E-state index contributed by atoms with van der Waals surface area (Å²) in [4.78, 5) is 0. The zero-order valence-electron chi connectivity index (χ0n) is 7.43. The molecule has 0 saturated heterocycles. The van der Waals surface area contributed by atoms with Crippen molar-refractivity contribution >= 4 is 28.3 Å². The molecule has 0 unspecified atom stereocenters. The molecule has 0 radical (unpaired) electrons. The van der Waals surface area contributed by atoms with Gasteiger partial charge in [-0.2, -0.15) is 0 Å². The standard InChI is InChI=1S/C9H12N2S2/c1-11(10)9(12)13-7-8-5-3-2-4-6-8/h2-6H,7,10H2,1H3. The van der Waals surface area contributed by atoms with Gasteiger partial charge in [-0.05, 0) is 5.56 Å². The van der Waals surface area contributed by atoms with Crippen molar-refractivity contribution in [1.82, 2.24) is 5.01 Å². The summed E-state index contributed by atoms with van der Waals surface area (Å²) in [6, 6.07) is 10.2. The number of benzene rings is 1. The van der Waals surface area contributed by atoms with E-state index < -0.39 is 0 Å². The highest BCUT2D eigenvalue weighted by atomic mass is 32.2. The van der Waals surface area contributed by atoms with Gasteiger partial charge < -0.3 is 0 Å². The van der Waals surface area contributed by atoms with Crippen molar-refractivity contribution in [1.29, 1.82) is 0 Å². The van der Waals surface area contributed by atoms with Gasteiger partial charge in [-0.1, -0.05) is 54.3 Å². The number of nitrogens with two attached hydrogens (primary N) is 1. The average molecular weight is 212 g/mol. The molecule has 0 aliphatic carbocycles. The van der Waals surface area contributed by atoms with E-state index in [4.69, 9.17) is 18.1 Å². The molecule has 1 aromatic carbocycles. The van der Waals surface area contributed by atoms with Crippen LogP contribution >= 0.6 is 24.0 Å². The molecule has 0 atom stereocenters.